The number of nitrogens with one attached hydrogen (secondary N) is 1. The molecule has 2 aliphatic rings. The lowest BCUT2D eigenvalue weighted by atomic mass is 9.95. The Kier molecular flexibility index (Phi) is 5.22. The number of hydrogen-bond acceptors (Lipinski definition) is 4. The average Bonchev–Trinajstić information content (AvgIpc) is 2.62. The zero-order valence-electron chi connectivity index (χ0n) is 14.0. The Bertz CT molecular complexity index is 670. The minimum Gasteiger partial charge on any atom is -0.337 e. The van der Waals surface area contributed by atoms with E-state index in [-0.39, 0.29) is 17.9 Å². The third-order valence-corrected chi connectivity index (χ3v) is 6.88. The maximum atomic E-state index is 12.7. The van der Waals surface area contributed by atoms with Crippen LogP contribution in [-0.2, 0) is 14.8 Å². The number of hydrogen-bond donors (Lipinski definition) is 1. The van der Waals surface area contributed by atoms with E-state index in [1.54, 1.807) is 30.3 Å². The number of benzene rings is 1. The predicted molar refractivity (Wildman–Crippen MR) is 92.0 cm³/mol. The van der Waals surface area contributed by atoms with Crippen molar-refractivity contribution < 1.29 is 13.2 Å². The van der Waals surface area contributed by atoms with Crippen molar-refractivity contribution in [2.75, 3.05) is 32.7 Å². The SMILES string of the molecule is C[C@@H]1CNCCN1C(=O)C1CCN(S(=O)(=O)c2ccccc2)CC1. The summed E-state index contributed by atoms with van der Waals surface area (Å²) in [6, 6.07) is 8.71. The van der Waals surface area contributed by atoms with Gasteiger partial charge in [-0.3, -0.25) is 4.79 Å². The maximum Gasteiger partial charge on any atom is 0.243 e. The highest BCUT2D eigenvalue weighted by atomic mass is 32.2. The Morgan fingerprint density at radius 3 is 2.42 bits per heavy atom. The molecule has 0 bridgehead atoms. The Hall–Kier alpha value is -1.44. The van der Waals surface area contributed by atoms with Gasteiger partial charge in [0.25, 0.3) is 0 Å². The summed E-state index contributed by atoms with van der Waals surface area (Å²) in [5.41, 5.74) is 0. The summed E-state index contributed by atoms with van der Waals surface area (Å²) in [6.45, 7) is 5.27. The van der Waals surface area contributed by atoms with Crippen molar-refractivity contribution >= 4 is 15.9 Å². The second kappa shape index (κ2) is 7.21. The summed E-state index contributed by atoms with van der Waals surface area (Å²) in [5.74, 6) is 0.119. The monoisotopic (exact) mass is 351 g/mol. The van der Waals surface area contributed by atoms with Crippen molar-refractivity contribution in [2.45, 2.75) is 30.7 Å². The van der Waals surface area contributed by atoms with Gasteiger partial charge in [-0.15, -0.1) is 0 Å². The molecule has 0 aromatic heterocycles. The first kappa shape index (κ1) is 17.4. The first-order chi connectivity index (χ1) is 11.5. The van der Waals surface area contributed by atoms with Crippen LogP contribution >= 0.6 is 0 Å². The summed E-state index contributed by atoms with van der Waals surface area (Å²) in [7, 11) is -3.45. The molecular weight excluding hydrogens is 326 g/mol. The van der Waals surface area contributed by atoms with Crippen LogP contribution in [0.2, 0.25) is 0 Å². The van der Waals surface area contributed by atoms with Gasteiger partial charge in [0.1, 0.15) is 0 Å². The van der Waals surface area contributed by atoms with E-state index in [0.717, 1.165) is 19.6 Å². The molecule has 2 aliphatic heterocycles. The van der Waals surface area contributed by atoms with Gasteiger partial charge in [-0.2, -0.15) is 4.31 Å². The van der Waals surface area contributed by atoms with E-state index in [1.807, 2.05) is 4.90 Å². The fourth-order valence-electron chi connectivity index (χ4n) is 3.49. The lowest BCUT2D eigenvalue weighted by Gasteiger charge is -2.38. The Labute approximate surface area is 143 Å². The molecule has 2 fully saturated rings. The Balaban J connectivity index is 1.62. The van der Waals surface area contributed by atoms with E-state index in [0.29, 0.717) is 30.8 Å². The van der Waals surface area contributed by atoms with Crippen LogP contribution in [0, 0.1) is 5.92 Å². The highest BCUT2D eigenvalue weighted by Gasteiger charge is 2.35. The van der Waals surface area contributed by atoms with Gasteiger partial charge in [0, 0.05) is 44.7 Å². The molecule has 3 rings (SSSR count). The molecule has 0 spiro atoms. The average molecular weight is 351 g/mol. The lowest BCUT2D eigenvalue weighted by Crippen LogP contribution is -2.55. The highest BCUT2D eigenvalue weighted by molar-refractivity contribution is 7.89. The van der Waals surface area contributed by atoms with Crippen LogP contribution < -0.4 is 5.32 Å². The van der Waals surface area contributed by atoms with Crippen molar-refractivity contribution in [2.24, 2.45) is 5.92 Å². The van der Waals surface area contributed by atoms with Gasteiger partial charge in [0.05, 0.1) is 4.90 Å². The van der Waals surface area contributed by atoms with Gasteiger partial charge < -0.3 is 10.2 Å². The molecule has 1 aromatic carbocycles. The molecule has 0 radical (unpaired) electrons. The molecule has 0 aliphatic carbocycles. The van der Waals surface area contributed by atoms with Crippen LogP contribution in [-0.4, -0.2) is 62.3 Å². The zero-order chi connectivity index (χ0) is 17.2. The van der Waals surface area contributed by atoms with Crippen LogP contribution in [0.25, 0.3) is 0 Å². The number of carbonyl (C=O) groups excluding carboxylic acids is 1. The summed E-state index contributed by atoms with van der Waals surface area (Å²) < 4.78 is 26.8. The van der Waals surface area contributed by atoms with Crippen molar-refractivity contribution in [3.05, 3.63) is 30.3 Å². The van der Waals surface area contributed by atoms with Crippen molar-refractivity contribution in [1.29, 1.82) is 0 Å². The third-order valence-electron chi connectivity index (χ3n) is 4.97. The van der Waals surface area contributed by atoms with E-state index in [4.69, 9.17) is 0 Å². The standard InChI is InChI=1S/C17H25N3O3S/c1-14-13-18-9-12-20(14)17(21)15-7-10-19(11-8-15)24(22,23)16-5-3-2-4-6-16/h2-6,14-15,18H,7-13H2,1H3/t14-/m1/s1. The number of piperidine rings is 1. The van der Waals surface area contributed by atoms with Crippen LogP contribution in [0.1, 0.15) is 19.8 Å². The highest BCUT2D eigenvalue weighted by Crippen LogP contribution is 2.25. The molecule has 0 unspecified atom stereocenters. The topological polar surface area (TPSA) is 69.7 Å². The summed E-state index contributed by atoms with van der Waals surface area (Å²) in [4.78, 5) is 15.0. The van der Waals surface area contributed by atoms with Crippen LogP contribution in [0.3, 0.4) is 0 Å². The molecule has 1 N–H and O–H groups in total. The second-order valence-electron chi connectivity index (χ2n) is 6.58. The van der Waals surface area contributed by atoms with Crippen LogP contribution in [0.5, 0.6) is 0 Å². The number of nitrogens with zero attached hydrogens (tertiary/aromatic N) is 2. The van der Waals surface area contributed by atoms with Gasteiger partial charge >= 0.3 is 0 Å². The van der Waals surface area contributed by atoms with E-state index in [1.165, 1.54) is 4.31 Å². The molecule has 1 amide bonds. The van der Waals surface area contributed by atoms with Crippen LogP contribution in [0.15, 0.2) is 35.2 Å². The number of amides is 1. The molecule has 0 saturated carbocycles. The molecular formula is C17H25N3O3S. The largest absolute Gasteiger partial charge is 0.337 e. The molecule has 24 heavy (non-hydrogen) atoms. The van der Waals surface area contributed by atoms with Gasteiger partial charge in [-0.05, 0) is 31.9 Å². The maximum absolute atomic E-state index is 12.7. The summed E-state index contributed by atoms with van der Waals surface area (Å²) in [5, 5.41) is 3.29. The number of piperazine rings is 1. The van der Waals surface area contributed by atoms with Crippen LogP contribution in [0.4, 0.5) is 0 Å². The smallest absolute Gasteiger partial charge is 0.243 e. The summed E-state index contributed by atoms with van der Waals surface area (Å²) in [6.07, 6.45) is 1.20. The first-order valence-corrected chi connectivity index (χ1v) is 10.0. The van der Waals surface area contributed by atoms with Crippen molar-refractivity contribution in [3.63, 3.8) is 0 Å². The number of rotatable bonds is 3. The molecule has 7 heteroatoms. The summed E-state index contributed by atoms with van der Waals surface area (Å²) >= 11 is 0. The fourth-order valence-corrected chi connectivity index (χ4v) is 4.98. The Morgan fingerprint density at radius 1 is 1.12 bits per heavy atom. The first-order valence-electron chi connectivity index (χ1n) is 8.56. The molecule has 1 atom stereocenters. The minimum atomic E-state index is -3.45. The molecule has 132 valence electrons. The third kappa shape index (κ3) is 3.48. The number of carbonyl (C=O) groups is 1. The van der Waals surface area contributed by atoms with E-state index >= 15 is 0 Å². The van der Waals surface area contributed by atoms with Crippen molar-refractivity contribution in [1.82, 2.24) is 14.5 Å². The molecule has 6 nitrogen and oxygen atoms in total. The quantitative estimate of drug-likeness (QED) is 0.879. The minimum absolute atomic E-state index is 0.0622. The lowest BCUT2D eigenvalue weighted by molar-refractivity contribution is -0.139. The van der Waals surface area contributed by atoms with Gasteiger partial charge in [0.2, 0.25) is 15.9 Å². The number of sulfonamides is 1. The van der Waals surface area contributed by atoms with Gasteiger partial charge in [0.15, 0.2) is 0 Å². The Morgan fingerprint density at radius 2 is 1.79 bits per heavy atom. The van der Waals surface area contributed by atoms with E-state index in [2.05, 4.69) is 12.2 Å². The van der Waals surface area contributed by atoms with Gasteiger partial charge in [-0.25, -0.2) is 8.42 Å². The van der Waals surface area contributed by atoms with Gasteiger partial charge in [-0.1, -0.05) is 18.2 Å². The molecule has 1 aromatic rings. The second-order valence-corrected chi connectivity index (χ2v) is 8.51. The zero-order valence-corrected chi connectivity index (χ0v) is 14.8. The fraction of sp³-hybridized carbons (Fsp3) is 0.588. The molecule has 2 heterocycles. The predicted octanol–water partition coefficient (Wildman–Crippen LogP) is 0.908. The normalized spacial score (nSPS) is 24.0. The van der Waals surface area contributed by atoms with E-state index in [9.17, 15) is 13.2 Å². The van der Waals surface area contributed by atoms with E-state index < -0.39 is 10.0 Å². The molecule has 2 saturated heterocycles. The van der Waals surface area contributed by atoms with Crippen molar-refractivity contribution in [3.8, 4) is 0 Å².